The highest BCUT2D eigenvalue weighted by molar-refractivity contribution is 7.92. The number of aryl methyl sites for hydroxylation is 1. The molecular formula is C29H41N3O6S. The smallest absolute Gasteiger partial charge is 0.326 e. The van der Waals surface area contributed by atoms with Gasteiger partial charge in [-0.05, 0) is 68.4 Å². The first-order valence-corrected chi connectivity index (χ1v) is 15.2. The average Bonchev–Trinajstić information content (AvgIpc) is 2.80. The van der Waals surface area contributed by atoms with Crippen LogP contribution in [0, 0.1) is 25.2 Å². The molecule has 1 atom stereocenters. The van der Waals surface area contributed by atoms with Crippen LogP contribution in [0.3, 0.4) is 0 Å². The van der Waals surface area contributed by atoms with Crippen molar-refractivity contribution in [2.24, 2.45) is 11.3 Å². The Morgan fingerprint density at radius 1 is 1.08 bits per heavy atom. The van der Waals surface area contributed by atoms with E-state index < -0.39 is 44.6 Å². The number of aromatic nitrogens is 1. The van der Waals surface area contributed by atoms with Gasteiger partial charge >= 0.3 is 5.97 Å². The van der Waals surface area contributed by atoms with Crippen molar-refractivity contribution in [1.29, 1.82) is 0 Å². The second kappa shape index (κ2) is 11.5. The van der Waals surface area contributed by atoms with Crippen LogP contribution in [-0.2, 0) is 14.8 Å². The minimum atomic E-state index is -3.98. The molecule has 0 radical (unpaired) electrons. The van der Waals surface area contributed by atoms with Crippen LogP contribution in [0.15, 0.2) is 29.1 Å². The lowest BCUT2D eigenvalue weighted by molar-refractivity contribution is -0.141. The van der Waals surface area contributed by atoms with Gasteiger partial charge in [0.05, 0.1) is 17.5 Å². The number of anilines is 1. The first-order valence-electron chi connectivity index (χ1n) is 13.4. The van der Waals surface area contributed by atoms with Gasteiger partial charge in [0, 0.05) is 6.04 Å². The summed E-state index contributed by atoms with van der Waals surface area (Å²) in [6, 6.07) is 5.83. The highest BCUT2D eigenvalue weighted by Gasteiger charge is 2.34. The van der Waals surface area contributed by atoms with Gasteiger partial charge in [0.2, 0.25) is 10.0 Å². The van der Waals surface area contributed by atoms with E-state index in [9.17, 15) is 27.9 Å². The Bertz CT molecular complexity index is 1400. The van der Waals surface area contributed by atoms with Gasteiger partial charge in [0.1, 0.15) is 11.7 Å². The third-order valence-corrected chi connectivity index (χ3v) is 7.82. The summed E-state index contributed by atoms with van der Waals surface area (Å²) < 4.78 is 28.2. The standard InChI is InChI=1S/C29H41N3O6S/c1-17-8-12-20(13-9-17)25-19(3)23(26(33)30-21-14-10-18(2)11-15-21)24(31-39(7,37)38)27(34)32(25)22(28(35)36)16-29(4,5)6/h8-9,12-13,18,21-22,31H,10-11,14-16H2,1-7H3,(H,30,33)(H,35,36)/t18-,21-,22?. The van der Waals surface area contributed by atoms with Crippen LogP contribution in [0.4, 0.5) is 5.69 Å². The topological polar surface area (TPSA) is 135 Å². The predicted molar refractivity (Wildman–Crippen MR) is 154 cm³/mol. The van der Waals surface area contributed by atoms with Gasteiger partial charge in [-0.1, -0.05) is 57.5 Å². The number of rotatable bonds is 8. The number of nitrogens with one attached hydrogen (secondary N) is 2. The fraction of sp³-hybridized carbons (Fsp3) is 0.552. The molecular weight excluding hydrogens is 518 g/mol. The molecule has 1 aliphatic carbocycles. The van der Waals surface area contributed by atoms with E-state index in [1.165, 1.54) is 0 Å². The monoisotopic (exact) mass is 559 g/mol. The summed E-state index contributed by atoms with van der Waals surface area (Å²) in [7, 11) is -3.98. The van der Waals surface area contributed by atoms with Crippen molar-refractivity contribution in [2.45, 2.75) is 85.7 Å². The quantitative estimate of drug-likeness (QED) is 0.422. The Hall–Kier alpha value is -3.14. The van der Waals surface area contributed by atoms with E-state index in [2.05, 4.69) is 17.0 Å². The Labute approximate surface area is 231 Å². The highest BCUT2D eigenvalue weighted by Crippen LogP contribution is 2.35. The van der Waals surface area contributed by atoms with E-state index in [-0.39, 0.29) is 23.7 Å². The van der Waals surface area contributed by atoms with E-state index in [0.717, 1.165) is 42.1 Å². The molecule has 0 spiro atoms. The molecule has 214 valence electrons. The number of amides is 1. The maximum atomic E-state index is 14.1. The molecule has 1 aliphatic rings. The Kier molecular flexibility index (Phi) is 8.99. The van der Waals surface area contributed by atoms with Crippen LogP contribution in [0.1, 0.15) is 87.3 Å². The molecule has 0 bridgehead atoms. The summed E-state index contributed by atoms with van der Waals surface area (Å²) >= 11 is 0. The highest BCUT2D eigenvalue weighted by atomic mass is 32.2. The molecule has 1 amide bonds. The third-order valence-electron chi connectivity index (χ3n) is 7.25. The molecule has 3 N–H and O–H groups in total. The molecule has 0 aliphatic heterocycles. The van der Waals surface area contributed by atoms with Crippen LogP contribution >= 0.6 is 0 Å². The molecule has 39 heavy (non-hydrogen) atoms. The van der Waals surface area contributed by atoms with Crippen molar-refractivity contribution in [3.8, 4) is 11.3 Å². The van der Waals surface area contributed by atoms with E-state index in [4.69, 9.17) is 0 Å². The van der Waals surface area contributed by atoms with E-state index in [1.807, 2.05) is 39.8 Å². The number of benzene rings is 1. The number of hydrogen-bond donors (Lipinski definition) is 3. The number of aliphatic carboxylic acids is 1. The number of carbonyl (C=O) groups excluding carboxylic acids is 1. The molecule has 10 heteroatoms. The number of hydrogen-bond acceptors (Lipinski definition) is 5. The normalized spacial score (nSPS) is 18.8. The minimum Gasteiger partial charge on any atom is -0.480 e. The molecule has 3 rings (SSSR count). The number of sulfonamides is 1. The molecule has 1 aromatic carbocycles. The van der Waals surface area contributed by atoms with Crippen molar-refractivity contribution in [2.75, 3.05) is 11.0 Å². The Morgan fingerprint density at radius 2 is 1.64 bits per heavy atom. The summed E-state index contributed by atoms with van der Waals surface area (Å²) in [6.45, 7) is 11.3. The maximum absolute atomic E-state index is 14.1. The van der Waals surface area contributed by atoms with Gasteiger partial charge < -0.3 is 10.4 Å². The lowest BCUT2D eigenvalue weighted by atomic mass is 9.86. The minimum absolute atomic E-state index is 0.0873. The zero-order valence-corrected chi connectivity index (χ0v) is 24.7. The molecule has 2 aromatic rings. The van der Waals surface area contributed by atoms with Gasteiger partial charge in [-0.2, -0.15) is 0 Å². The Balaban J connectivity index is 2.36. The van der Waals surface area contributed by atoms with Crippen LogP contribution in [0.2, 0.25) is 0 Å². The molecule has 0 saturated heterocycles. The first kappa shape index (κ1) is 30.4. The molecule has 9 nitrogen and oxygen atoms in total. The molecule has 1 fully saturated rings. The molecule has 1 unspecified atom stereocenters. The van der Waals surface area contributed by atoms with Gasteiger partial charge in [0.25, 0.3) is 11.5 Å². The Morgan fingerprint density at radius 3 is 2.13 bits per heavy atom. The van der Waals surface area contributed by atoms with Crippen LogP contribution in [0.25, 0.3) is 11.3 Å². The van der Waals surface area contributed by atoms with Crippen molar-refractivity contribution in [3.05, 3.63) is 51.3 Å². The number of nitrogens with zero attached hydrogens (tertiary/aromatic N) is 1. The van der Waals surface area contributed by atoms with Crippen LogP contribution in [0.5, 0.6) is 0 Å². The van der Waals surface area contributed by atoms with E-state index >= 15 is 0 Å². The van der Waals surface area contributed by atoms with Crippen LogP contribution < -0.4 is 15.6 Å². The summed E-state index contributed by atoms with van der Waals surface area (Å²) in [5.41, 5.74) is 0.254. The van der Waals surface area contributed by atoms with E-state index in [1.54, 1.807) is 19.1 Å². The fourth-order valence-electron chi connectivity index (χ4n) is 5.27. The molecule has 1 saturated carbocycles. The van der Waals surface area contributed by atoms with Crippen LogP contribution in [-0.4, -0.2) is 42.3 Å². The second-order valence-electron chi connectivity index (χ2n) is 12.2. The van der Waals surface area contributed by atoms with Gasteiger partial charge in [-0.25, -0.2) is 13.2 Å². The largest absolute Gasteiger partial charge is 0.480 e. The third kappa shape index (κ3) is 7.50. The maximum Gasteiger partial charge on any atom is 0.326 e. The first-order chi connectivity index (χ1) is 18.0. The van der Waals surface area contributed by atoms with Gasteiger partial charge in [-0.15, -0.1) is 0 Å². The molecule has 1 heterocycles. The van der Waals surface area contributed by atoms with Gasteiger partial charge in [-0.3, -0.25) is 18.9 Å². The average molecular weight is 560 g/mol. The number of carbonyl (C=O) groups is 2. The van der Waals surface area contributed by atoms with Crippen molar-refractivity contribution < 1.29 is 23.1 Å². The molecule has 1 aromatic heterocycles. The van der Waals surface area contributed by atoms with Gasteiger partial charge in [0.15, 0.2) is 0 Å². The lowest BCUT2D eigenvalue weighted by Gasteiger charge is -2.30. The number of carboxylic acid groups (broad SMARTS) is 1. The van der Waals surface area contributed by atoms with Crippen molar-refractivity contribution in [1.82, 2.24) is 9.88 Å². The predicted octanol–water partition coefficient (Wildman–Crippen LogP) is 4.87. The summed E-state index contributed by atoms with van der Waals surface area (Å²) in [6.07, 6.45) is 4.49. The van der Waals surface area contributed by atoms with Crippen molar-refractivity contribution in [3.63, 3.8) is 0 Å². The number of pyridine rings is 1. The van der Waals surface area contributed by atoms with E-state index in [0.29, 0.717) is 17.0 Å². The number of carboxylic acids is 1. The fourth-order valence-corrected chi connectivity index (χ4v) is 5.84. The summed E-state index contributed by atoms with van der Waals surface area (Å²) in [5, 5.41) is 13.3. The summed E-state index contributed by atoms with van der Waals surface area (Å²) in [4.78, 5) is 40.5. The second-order valence-corrected chi connectivity index (χ2v) is 13.9. The SMILES string of the molecule is Cc1ccc(-c2c(C)c(C(=O)N[C@H]3CC[C@H](C)CC3)c(NS(C)(=O)=O)c(=O)n2C(CC(C)(C)C)C(=O)O)cc1. The van der Waals surface area contributed by atoms with Crippen molar-refractivity contribution >= 4 is 27.6 Å². The lowest BCUT2D eigenvalue weighted by Crippen LogP contribution is -2.41. The zero-order valence-electron chi connectivity index (χ0n) is 23.9. The zero-order chi connectivity index (χ0) is 29.3. The summed E-state index contributed by atoms with van der Waals surface area (Å²) in [5.74, 6) is -1.22.